The summed E-state index contributed by atoms with van der Waals surface area (Å²) in [5.41, 5.74) is 0. The second-order valence-electron chi connectivity index (χ2n) is 22.9. The lowest BCUT2D eigenvalue weighted by atomic mass is 9.99. The molecule has 83 heavy (non-hydrogen) atoms. The van der Waals surface area contributed by atoms with Gasteiger partial charge in [0.2, 0.25) is 5.91 Å². The first-order valence-electron chi connectivity index (χ1n) is 33.9. The molecule has 1 heterocycles. The molecule has 9 heteroatoms. The predicted molar refractivity (Wildman–Crippen MR) is 354 cm³/mol. The second kappa shape index (κ2) is 61.4. The minimum absolute atomic E-state index is 0.233. The van der Waals surface area contributed by atoms with Crippen LogP contribution in [0, 0.1) is 0 Å². The molecule has 0 aromatic rings. The third-order valence-corrected chi connectivity index (χ3v) is 15.2. The van der Waals surface area contributed by atoms with E-state index in [0.29, 0.717) is 12.8 Å². The van der Waals surface area contributed by atoms with Crippen LogP contribution in [-0.2, 0) is 14.3 Å². The van der Waals surface area contributed by atoms with E-state index in [0.717, 1.165) is 89.9 Å². The maximum absolute atomic E-state index is 13.1. The molecular weight excluding hydrogens is 1030 g/mol. The summed E-state index contributed by atoms with van der Waals surface area (Å²) in [4.78, 5) is 13.1. The summed E-state index contributed by atoms with van der Waals surface area (Å²) in [6.45, 7) is 3.63. The Labute approximate surface area is 509 Å². The van der Waals surface area contributed by atoms with Crippen molar-refractivity contribution in [1.29, 1.82) is 0 Å². The zero-order valence-electron chi connectivity index (χ0n) is 52.9. The Bertz CT molecular complexity index is 1770. The fourth-order valence-corrected chi connectivity index (χ4v) is 9.91. The van der Waals surface area contributed by atoms with Gasteiger partial charge in [0.05, 0.1) is 25.4 Å². The smallest absolute Gasteiger partial charge is 0.220 e. The Kier molecular flexibility index (Phi) is 57.2. The largest absolute Gasteiger partial charge is 0.394 e. The number of allylic oxidation sites excluding steroid dienone is 21. The van der Waals surface area contributed by atoms with E-state index in [2.05, 4.69) is 141 Å². The van der Waals surface area contributed by atoms with Gasteiger partial charge in [-0.05, 0) is 109 Å². The summed E-state index contributed by atoms with van der Waals surface area (Å²) in [5, 5.41) is 54.6. The van der Waals surface area contributed by atoms with Crippen molar-refractivity contribution < 1.29 is 39.8 Å². The Morgan fingerprint density at radius 3 is 1.16 bits per heavy atom. The SMILES string of the molecule is CC/C=C\C/C=C\C/C=C\C/C=C\C/C=C\C/C=C\C/C=C\C/C=C\CCCCC(=O)NC(COC1OC(CO)C(O)C(O)C1O)C(O)/C=C/CC/C=C/CC/C=C/CCCCCCCCCCCCCCCCCCCCCCCCC. The minimum Gasteiger partial charge on any atom is -0.394 e. The third-order valence-electron chi connectivity index (χ3n) is 15.2. The highest BCUT2D eigenvalue weighted by atomic mass is 16.7. The van der Waals surface area contributed by atoms with Crippen LogP contribution in [0.1, 0.15) is 271 Å². The van der Waals surface area contributed by atoms with Gasteiger partial charge in [0.25, 0.3) is 0 Å². The summed E-state index contributed by atoms with van der Waals surface area (Å²) < 4.78 is 11.3. The quantitative estimate of drug-likeness (QED) is 0.0261. The van der Waals surface area contributed by atoms with Crippen molar-refractivity contribution in [1.82, 2.24) is 5.32 Å². The van der Waals surface area contributed by atoms with Crippen LogP contribution < -0.4 is 5.32 Å². The lowest BCUT2D eigenvalue weighted by Gasteiger charge is -2.40. The first-order valence-corrected chi connectivity index (χ1v) is 33.9. The molecule has 9 nitrogen and oxygen atoms in total. The summed E-state index contributed by atoms with van der Waals surface area (Å²) in [7, 11) is 0. The summed E-state index contributed by atoms with van der Waals surface area (Å²) in [5.74, 6) is -0.237. The summed E-state index contributed by atoms with van der Waals surface area (Å²) >= 11 is 0. The minimum atomic E-state index is -1.59. The van der Waals surface area contributed by atoms with Gasteiger partial charge in [-0.15, -0.1) is 0 Å². The monoisotopic (exact) mass is 1160 g/mol. The van der Waals surface area contributed by atoms with Crippen LogP contribution in [0.4, 0.5) is 0 Å². The van der Waals surface area contributed by atoms with Crippen molar-refractivity contribution in [2.45, 2.75) is 314 Å². The Hall–Kier alpha value is -3.67. The molecule has 7 unspecified atom stereocenters. The second-order valence-corrected chi connectivity index (χ2v) is 22.9. The number of amides is 1. The first kappa shape index (κ1) is 77.3. The van der Waals surface area contributed by atoms with E-state index in [1.165, 1.54) is 148 Å². The topological polar surface area (TPSA) is 149 Å². The number of aliphatic hydroxyl groups is 5. The van der Waals surface area contributed by atoms with Gasteiger partial charge < -0.3 is 40.3 Å². The van der Waals surface area contributed by atoms with Crippen molar-refractivity contribution in [2.75, 3.05) is 13.2 Å². The van der Waals surface area contributed by atoms with Gasteiger partial charge >= 0.3 is 0 Å². The van der Waals surface area contributed by atoms with Crippen molar-refractivity contribution in [2.24, 2.45) is 0 Å². The number of aliphatic hydroxyl groups excluding tert-OH is 5. The van der Waals surface area contributed by atoms with Crippen molar-refractivity contribution in [3.8, 4) is 0 Å². The first-order chi connectivity index (χ1) is 40.8. The molecule has 1 aliphatic heterocycles. The van der Waals surface area contributed by atoms with E-state index in [9.17, 15) is 30.3 Å². The van der Waals surface area contributed by atoms with Crippen molar-refractivity contribution in [3.05, 3.63) is 134 Å². The van der Waals surface area contributed by atoms with E-state index in [1.54, 1.807) is 6.08 Å². The van der Waals surface area contributed by atoms with E-state index in [-0.39, 0.29) is 18.9 Å². The molecule has 1 fully saturated rings. The molecule has 1 aliphatic rings. The van der Waals surface area contributed by atoms with E-state index >= 15 is 0 Å². The highest BCUT2D eigenvalue weighted by Gasteiger charge is 2.44. The van der Waals surface area contributed by atoms with Crippen LogP contribution in [0.3, 0.4) is 0 Å². The molecule has 0 aromatic heterocycles. The molecule has 1 rings (SSSR count). The molecule has 0 bridgehead atoms. The molecule has 474 valence electrons. The summed E-state index contributed by atoms with van der Waals surface area (Å²) in [6.07, 6.45) is 87.0. The highest BCUT2D eigenvalue weighted by molar-refractivity contribution is 5.76. The number of carbonyl (C=O) groups excluding carboxylic acids is 1. The van der Waals surface area contributed by atoms with Gasteiger partial charge in [-0.1, -0.05) is 289 Å². The standard InChI is InChI=1S/C74H125NO8/c1-3-5-7-9-11-13-15-17-19-21-23-25-27-29-31-32-33-34-35-36-38-39-41-43-45-47-49-51-53-55-57-59-61-63-68(77)67(66-82-74-73(81)72(80)71(79)69(65-76)83-74)75-70(78)64-62-60-58-56-54-52-50-48-46-44-42-40-37-30-28-26-24-22-20-18-16-14-12-10-8-6-4-2/h6,8,12,14,18,20,24,26,30,37,42,44-45,47-48,50,53-56,61,63,67-69,71-74,76-77,79-81H,3-5,7,9-11,13,15-17,19,21-23,25,27-29,31-36,38-41,43,46,49,51-52,57-60,62,64-66H2,1-2H3,(H,75,78)/b8-6-,14-12-,20-18-,26-24-,37-30-,44-42-,47-45+,50-48-,55-53+,56-54-,63-61+. The van der Waals surface area contributed by atoms with Crippen LogP contribution in [0.25, 0.3) is 0 Å². The molecule has 7 atom stereocenters. The van der Waals surface area contributed by atoms with E-state index < -0.39 is 49.5 Å². The number of nitrogens with one attached hydrogen (secondary N) is 1. The number of rotatable bonds is 57. The zero-order chi connectivity index (χ0) is 60.0. The molecule has 6 N–H and O–H groups in total. The number of unbranched alkanes of at least 4 members (excludes halogenated alkanes) is 27. The van der Waals surface area contributed by atoms with Gasteiger partial charge in [0.1, 0.15) is 24.4 Å². The highest BCUT2D eigenvalue weighted by Crippen LogP contribution is 2.23. The Morgan fingerprint density at radius 1 is 0.422 bits per heavy atom. The average molecular weight is 1160 g/mol. The number of hydrogen-bond donors (Lipinski definition) is 6. The van der Waals surface area contributed by atoms with Gasteiger partial charge in [-0.2, -0.15) is 0 Å². The zero-order valence-corrected chi connectivity index (χ0v) is 52.9. The Morgan fingerprint density at radius 2 is 0.759 bits per heavy atom. The predicted octanol–water partition coefficient (Wildman–Crippen LogP) is 18.4. The number of hydrogen-bond acceptors (Lipinski definition) is 8. The lowest BCUT2D eigenvalue weighted by Crippen LogP contribution is -2.60. The van der Waals surface area contributed by atoms with Crippen molar-refractivity contribution >= 4 is 5.91 Å². The maximum Gasteiger partial charge on any atom is 0.220 e. The third kappa shape index (κ3) is 50.2. The van der Waals surface area contributed by atoms with Gasteiger partial charge in [-0.3, -0.25) is 4.79 Å². The molecule has 0 spiro atoms. The molecule has 1 saturated heterocycles. The van der Waals surface area contributed by atoms with Crippen LogP contribution in [0.2, 0.25) is 0 Å². The van der Waals surface area contributed by atoms with Gasteiger partial charge in [0.15, 0.2) is 6.29 Å². The number of ether oxygens (including phenoxy) is 2. The van der Waals surface area contributed by atoms with Crippen molar-refractivity contribution in [3.63, 3.8) is 0 Å². The molecule has 0 saturated carbocycles. The molecular formula is C74H125NO8. The van der Waals surface area contributed by atoms with Crippen LogP contribution >= 0.6 is 0 Å². The molecule has 1 amide bonds. The molecule has 0 aromatic carbocycles. The normalized spacial score (nSPS) is 19.1. The molecule has 0 radical (unpaired) electrons. The summed E-state index contributed by atoms with van der Waals surface area (Å²) in [6, 6.07) is -0.864. The van der Waals surface area contributed by atoms with E-state index in [4.69, 9.17) is 9.47 Å². The fraction of sp³-hybridized carbons (Fsp3) is 0.689. The van der Waals surface area contributed by atoms with Gasteiger partial charge in [0, 0.05) is 6.42 Å². The molecule has 0 aliphatic carbocycles. The van der Waals surface area contributed by atoms with Gasteiger partial charge in [-0.25, -0.2) is 0 Å². The lowest BCUT2D eigenvalue weighted by molar-refractivity contribution is -0.302. The van der Waals surface area contributed by atoms with Crippen LogP contribution in [0.15, 0.2) is 134 Å². The Balaban J connectivity index is 2.24. The number of carbonyl (C=O) groups is 1. The van der Waals surface area contributed by atoms with Crippen LogP contribution in [-0.4, -0.2) is 87.5 Å². The maximum atomic E-state index is 13.1. The average Bonchev–Trinajstić information content (AvgIpc) is 3.60. The van der Waals surface area contributed by atoms with Crippen LogP contribution in [0.5, 0.6) is 0 Å². The fourth-order valence-electron chi connectivity index (χ4n) is 9.91. The van der Waals surface area contributed by atoms with E-state index in [1.807, 2.05) is 6.08 Å².